The van der Waals surface area contributed by atoms with Crippen molar-refractivity contribution >= 4 is 11.6 Å². The molecule has 1 aromatic carbocycles. The normalized spacial score (nSPS) is 11.5. The maximum absolute atomic E-state index is 11.8. The molecule has 0 fully saturated rings. The minimum Gasteiger partial charge on any atom is -0.493 e. The summed E-state index contributed by atoms with van der Waals surface area (Å²) in [4.78, 5) is 11.8. The molecule has 4 heteroatoms. The number of rotatable bonds is 6. The van der Waals surface area contributed by atoms with Crippen LogP contribution in [-0.2, 0) is 4.79 Å². The fourth-order valence-electron chi connectivity index (χ4n) is 1.45. The van der Waals surface area contributed by atoms with Crippen LogP contribution in [0.3, 0.4) is 0 Å². The van der Waals surface area contributed by atoms with Crippen LogP contribution in [0.15, 0.2) is 24.3 Å². The van der Waals surface area contributed by atoms with E-state index >= 15 is 0 Å². The Bertz CT molecular complexity index is 419. The number of ether oxygens (including phenoxy) is 1. The van der Waals surface area contributed by atoms with E-state index in [-0.39, 0.29) is 11.4 Å². The Morgan fingerprint density at radius 2 is 1.80 bits per heavy atom. The molecule has 0 aliphatic heterocycles. The number of amides is 1. The smallest absolute Gasteiger partial charge is 0.238 e. The van der Waals surface area contributed by atoms with Crippen LogP contribution in [0.5, 0.6) is 5.75 Å². The second-order valence-electron chi connectivity index (χ2n) is 6.38. The zero-order valence-corrected chi connectivity index (χ0v) is 13.1. The Kier molecular flexibility index (Phi) is 6.02. The molecule has 112 valence electrons. The molecule has 0 radical (unpaired) electrons. The van der Waals surface area contributed by atoms with Gasteiger partial charge < -0.3 is 15.4 Å². The summed E-state index contributed by atoms with van der Waals surface area (Å²) in [6, 6.07) is 7.44. The number of benzene rings is 1. The molecule has 0 bridgehead atoms. The van der Waals surface area contributed by atoms with Crippen LogP contribution < -0.4 is 15.4 Å². The van der Waals surface area contributed by atoms with Crippen molar-refractivity contribution in [3.8, 4) is 5.75 Å². The molecule has 0 saturated heterocycles. The van der Waals surface area contributed by atoms with Gasteiger partial charge in [-0.05, 0) is 51.0 Å². The summed E-state index contributed by atoms with van der Waals surface area (Å²) in [5.41, 5.74) is 0.717. The van der Waals surface area contributed by atoms with Crippen LogP contribution in [0.1, 0.15) is 34.6 Å². The summed E-state index contributed by atoms with van der Waals surface area (Å²) >= 11 is 0. The second kappa shape index (κ2) is 7.29. The van der Waals surface area contributed by atoms with Gasteiger partial charge in [-0.15, -0.1) is 0 Å². The summed E-state index contributed by atoms with van der Waals surface area (Å²) < 4.78 is 5.59. The lowest BCUT2D eigenvalue weighted by Gasteiger charge is -2.20. The number of nitrogens with one attached hydrogen (secondary N) is 2. The van der Waals surface area contributed by atoms with Gasteiger partial charge in [-0.1, -0.05) is 13.8 Å². The van der Waals surface area contributed by atoms with Crippen LogP contribution in [0.2, 0.25) is 0 Å². The quantitative estimate of drug-likeness (QED) is 0.841. The zero-order chi connectivity index (χ0) is 15.2. The number of hydrogen-bond acceptors (Lipinski definition) is 3. The average Bonchev–Trinajstić information content (AvgIpc) is 2.35. The lowest BCUT2D eigenvalue weighted by atomic mass is 10.1. The van der Waals surface area contributed by atoms with Crippen molar-refractivity contribution < 1.29 is 9.53 Å². The van der Waals surface area contributed by atoms with E-state index in [1.807, 2.05) is 45.0 Å². The van der Waals surface area contributed by atoms with Gasteiger partial charge in [0.05, 0.1) is 13.2 Å². The minimum absolute atomic E-state index is 0.0456. The highest BCUT2D eigenvalue weighted by atomic mass is 16.5. The average molecular weight is 278 g/mol. The molecule has 0 aliphatic rings. The first-order chi connectivity index (χ1) is 9.26. The van der Waals surface area contributed by atoms with Gasteiger partial charge in [-0.3, -0.25) is 4.79 Å². The van der Waals surface area contributed by atoms with Gasteiger partial charge >= 0.3 is 0 Å². The fourth-order valence-corrected chi connectivity index (χ4v) is 1.45. The Labute approximate surface area is 121 Å². The van der Waals surface area contributed by atoms with Gasteiger partial charge in [0.25, 0.3) is 0 Å². The molecule has 2 N–H and O–H groups in total. The molecule has 1 amide bonds. The SMILES string of the molecule is CC(C)COc1ccc(NC(=O)CNC(C)(C)C)cc1. The van der Waals surface area contributed by atoms with Crippen LogP contribution in [0.25, 0.3) is 0 Å². The zero-order valence-electron chi connectivity index (χ0n) is 13.1. The van der Waals surface area contributed by atoms with Crippen molar-refractivity contribution in [1.29, 1.82) is 0 Å². The van der Waals surface area contributed by atoms with Crippen LogP contribution in [0, 0.1) is 5.92 Å². The molecule has 20 heavy (non-hydrogen) atoms. The molecule has 4 nitrogen and oxygen atoms in total. The first-order valence-electron chi connectivity index (χ1n) is 7.04. The highest BCUT2D eigenvalue weighted by molar-refractivity contribution is 5.92. The molecular weight excluding hydrogens is 252 g/mol. The van der Waals surface area contributed by atoms with Crippen molar-refractivity contribution in [2.75, 3.05) is 18.5 Å². The number of carbonyl (C=O) groups is 1. The third kappa shape index (κ3) is 7.14. The van der Waals surface area contributed by atoms with E-state index in [2.05, 4.69) is 24.5 Å². The number of anilines is 1. The first kappa shape index (κ1) is 16.5. The molecule has 0 aromatic heterocycles. The van der Waals surface area contributed by atoms with Crippen LogP contribution in [0.4, 0.5) is 5.69 Å². The van der Waals surface area contributed by atoms with E-state index in [1.165, 1.54) is 0 Å². The lowest BCUT2D eigenvalue weighted by Crippen LogP contribution is -2.41. The van der Waals surface area contributed by atoms with Crippen molar-refractivity contribution in [2.24, 2.45) is 5.92 Å². The maximum atomic E-state index is 11.8. The van der Waals surface area contributed by atoms with E-state index in [0.717, 1.165) is 11.4 Å². The van der Waals surface area contributed by atoms with Gasteiger partial charge in [0.2, 0.25) is 5.91 Å². The molecular formula is C16H26N2O2. The van der Waals surface area contributed by atoms with Crippen molar-refractivity contribution in [3.05, 3.63) is 24.3 Å². The molecule has 0 saturated carbocycles. The highest BCUT2D eigenvalue weighted by Gasteiger charge is 2.11. The van der Waals surface area contributed by atoms with Gasteiger partial charge in [-0.25, -0.2) is 0 Å². The predicted molar refractivity (Wildman–Crippen MR) is 83.2 cm³/mol. The molecule has 0 heterocycles. The Morgan fingerprint density at radius 3 is 2.30 bits per heavy atom. The minimum atomic E-state index is -0.0636. The van der Waals surface area contributed by atoms with Gasteiger partial charge in [0.1, 0.15) is 5.75 Å². The van der Waals surface area contributed by atoms with E-state index in [0.29, 0.717) is 19.1 Å². The van der Waals surface area contributed by atoms with Crippen LogP contribution in [-0.4, -0.2) is 24.6 Å². The number of hydrogen-bond donors (Lipinski definition) is 2. The van der Waals surface area contributed by atoms with E-state index < -0.39 is 0 Å². The van der Waals surface area contributed by atoms with E-state index in [4.69, 9.17) is 4.74 Å². The second-order valence-corrected chi connectivity index (χ2v) is 6.38. The highest BCUT2D eigenvalue weighted by Crippen LogP contribution is 2.16. The van der Waals surface area contributed by atoms with Crippen molar-refractivity contribution in [2.45, 2.75) is 40.2 Å². The molecule has 0 unspecified atom stereocenters. The first-order valence-corrected chi connectivity index (χ1v) is 7.04. The summed E-state index contributed by atoms with van der Waals surface area (Å²) in [7, 11) is 0. The third-order valence-electron chi connectivity index (χ3n) is 2.50. The Balaban J connectivity index is 2.43. The molecule has 1 rings (SSSR count). The van der Waals surface area contributed by atoms with Gasteiger partial charge in [0, 0.05) is 11.2 Å². The monoisotopic (exact) mass is 278 g/mol. The predicted octanol–water partition coefficient (Wildman–Crippen LogP) is 3.05. The van der Waals surface area contributed by atoms with Gasteiger partial charge in [-0.2, -0.15) is 0 Å². The molecule has 1 aromatic rings. The van der Waals surface area contributed by atoms with Gasteiger partial charge in [0.15, 0.2) is 0 Å². The van der Waals surface area contributed by atoms with Crippen molar-refractivity contribution in [1.82, 2.24) is 5.32 Å². The Morgan fingerprint density at radius 1 is 1.20 bits per heavy atom. The summed E-state index contributed by atoms with van der Waals surface area (Å²) in [6.45, 7) is 11.3. The topological polar surface area (TPSA) is 50.4 Å². The fraction of sp³-hybridized carbons (Fsp3) is 0.562. The summed E-state index contributed by atoms with van der Waals surface area (Å²) in [6.07, 6.45) is 0. The standard InChI is InChI=1S/C16H26N2O2/c1-12(2)11-20-14-8-6-13(7-9-14)18-15(19)10-17-16(3,4)5/h6-9,12,17H,10-11H2,1-5H3,(H,18,19). The largest absolute Gasteiger partial charge is 0.493 e. The van der Waals surface area contributed by atoms with Crippen molar-refractivity contribution in [3.63, 3.8) is 0 Å². The van der Waals surface area contributed by atoms with Crippen LogP contribution >= 0.6 is 0 Å². The van der Waals surface area contributed by atoms with E-state index in [1.54, 1.807) is 0 Å². The molecule has 0 spiro atoms. The maximum Gasteiger partial charge on any atom is 0.238 e. The van der Waals surface area contributed by atoms with E-state index in [9.17, 15) is 4.79 Å². The number of carbonyl (C=O) groups excluding carboxylic acids is 1. The summed E-state index contributed by atoms with van der Waals surface area (Å²) in [5.74, 6) is 1.28. The molecule has 0 atom stereocenters. The Hall–Kier alpha value is -1.55. The third-order valence-corrected chi connectivity index (χ3v) is 2.50. The lowest BCUT2D eigenvalue weighted by molar-refractivity contribution is -0.115. The summed E-state index contributed by atoms with van der Waals surface area (Å²) in [5, 5.41) is 6.00. The molecule has 0 aliphatic carbocycles.